The molecule has 1 aromatic carbocycles. The number of rotatable bonds is 0. The van der Waals surface area contributed by atoms with Gasteiger partial charge in [0.1, 0.15) is 11.6 Å². The molecule has 0 amide bonds. The molecule has 0 N–H and O–H groups in total. The molecule has 0 saturated carbocycles. The Morgan fingerprint density at radius 3 is 1.62 bits per heavy atom. The van der Waals surface area contributed by atoms with Gasteiger partial charge in [-0.3, -0.25) is 8.78 Å². The van der Waals surface area contributed by atoms with Crippen LogP contribution >= 0.6 is 13.6 Å². The molecule has 0 nitrogen and oxygen atoms in total. The summed E-state index contributed by atoms with van der Waals surface area (Å²) < 4.78 is 49.1. The Balaban J connectivity index is 0.000000671. The van der Waals surface area contributed by atoms with Gasteiger partial charge in [0.15, 0.2) is 0 Å². The van der Waals surface area contributed by atoms with Gasteiger partial charge in [0.2, 0.25) is 0 Å². The van der Waals surface area contributed by atoms with Crippen molar-refractivity contribution in [2.45, 2.75) is 0 Å². The van der Waals surface area contributed by atoms with E-state index in [1.807, 2.05) is 0 Å². The fraction of sp³-hybridized carbons (Fsp3) is 0. The minimum atomic E-state index is -1.45. The molecule has 0 aliphatic heterocycles. The topological polar surface area (TPSA) is 0 Å². The van der Waals surface area contributed by atoms with Crippen molar-refractivity contribution >= 4 is 13.6 Å². The maximum atomic E-state index is 12.3. The Kier molecular flexibility index (Phi) is 5.57. The average molecular weight is 308 g/mol. The van der Waals surface area contributed by atoms with Crippen LogP contribution in [0.2, 0.25) is 0 Å². The second-order valence-electron chi connectivity index (χ2n) is 1.95. The fourth-order valence-corrected chi connectivity index (χ4v) is 0.623. The van der Waals surface area contributed by atoms with Gasteiger partial charge in [0, 0.05) is 0 Å². The molecule has 1 rings (SSSR count). The zero-order valence-electron chi connectivity index (χ0n) is 6.38. The second kappa shape index (κ2) is 5.60. The Bertz CT molecular complexity index is 277. The van der Waals surface area contributed by atoms with Crippen molar-refractivity contribution in [3.8, 4) is 0 Å². The predicted octanol–water partition coefficient (Wildman–Crippen LogP) is 3.27. The molecule has 0 radical (unpaired) electrons. The quantitative estimate of drug-likeness (QED) is 0.299. The number of hydrogen-bond acceptors (Lipinski definition) is 0. The molecule has 0 aliphatic rings. The molecule has 0 unspecified atom stereocenters. The van der Waals surface area contributed by atoms with Crippen molar-refractivity contribution < 1.29 is 33.9 Å². The van der Waals surface area contributed by atoms with Crippen LogP contribution in [0.3, 0.4) is 0 Å². The van der Waals surface area contributed by atoms with Gasteiger partial charge >= 0.3 is 30.0 Å². The van der Waals surface area contributed by atoms with Crippen molar-refractivity contribution in [2.75, 3.05) is 0 Å². The standard InChI is InChI=1S/C7H3F4.BrH.Zn/c1-3-6(10)4(8)2-5(9)7(3)11;;/h2H,1H2;1H;/q-1;;+2/p-1. The first-order chi connectivity index (χ1) is 6.04. The molecule has 0 heterocycles. The summed E-state index contributed by atoms with van der Waals surface area (Å²) in [6.45, 7) is 2.81. The summed E-state index contributed by atoms with van der Waals surface area (Å²) in [4.78, 5) is 0. The summed E-state index contributed by atoms with van der Waals surface area (Å²) in [5.41, 5.74) is -0.887. The van der Waals surface area contributed by atoms with Gasteiger partial charge in [0.25, 0.3) is 0 Å². The molecule has 6 heteroatoms. The minimum absolute atomic E-state index is 0.138. The van der Waals surface area contributed by atoms with Crippen molar-refractivity contribution in [2.24, 2.45) is 0 Å². The van der Waals surface area contributed by atoms with E-state index in [4.69, 9.17) is 0 Å². The van der Waals surface area contributed by atoms with Crippen LogP contribution in [0.4, 0.5) is 17.6 Å². The zero-order chi connectivity index (χ0) is 10.6. The van der Waals surface area contributed by atoms with Gasteiger partial charge in [-0.05, 0) is 6.07 Å². The SMILES string of the molecule is [CH2-]c1c(F)c(F)cc(F)c1F.[Zn+][Br]. The Morgan fingerprint density at radius 2 is 1.31 bits per heavy atom. The molecular weight excluding hydrogens is 305 g/mol. The number of hydrogen-bond donors (Lipinski definition) is 0. The van der Waals surface area contributed by atoms with Crippen LogP contribution in [0, 0.1) is 30.2 Å². The zero-order valence-corrected chi connectivity index (χ0v) is 10.9. The molecule has 0 bridgehead atoms. The van der Waals surface area contributed by atoms with E-state index in [-0.39, 0.29) is 6.07 Å². The van der Waals surface area contributed by atoms with Gasteiger partial charge in [-0.1, -0.05) is 0 Å². The van der Waals surface area contributed by atoms with Crippen LogP contribution in [-0.4, -0.2) is 0 Å². The molecule has 13 heavy (non-hydrogen) atoms. The van der Waals surface area contributed by atoms with E-state index in [9.17, 15) is 17.6 Å². The van der Waals surface area contributed by atoms with E-state index >= 15 is 0 Å². The van der Waals surface area contributed by atoms with E-state index < -0.39 is 28.8 Å². The first-order valence-electron chi connectivity index (χ1n) is 2.95. The molecule has 0 fully saturated rings. The van der Waals surface area contributed by atoms with Crippen LogP contribution in [0.15, 0.2) is 6.07 Å². The molecule has 0 atom stereocenters. The maximum absolute atomic E-state index is 12.3. The van der Waals surface area contributed by atoms with Gasteiger partial charge in [-0.15, -0.1) is 5.56 Å². The van der Waals surface area contributed by atoms with E-state index in [2.05, 4.69) is 20.5 Å². The Morgan fingerprint density at radius 1 is 1.00 bits per heavy atom. The van der Waals surface area contributed by atoms with Crippen LogP contribution in [0.25, 0.3) is 0 Å². The fourth-order valence-electron chi connectivity index (χ4n) is 0.623. The van der Waals surface area contributed by atoms with Crippen molar-refractivity contribution in [3.63, 3.8) is 0 Å². The molecule has 0 spiro atoms. The number of halogens is 5. The van der Waals surface area contributed by atoms with Gasteiger partial charge < -0.3 is 0 Å². The summed E-state index contributed by atoms with van der Waals surface area (Å²) in [7, 11) is 0. The monoisotopic (exact) mass is 306 g/mol. The van der Waals surface area contributed by atoms with E-state index in [0.29, 0.717) is 0 Å². The third-order valence-electron chi connectivity index (χ3n) is 1.20. The molecule has 0 aliphatic carbocycles. The second-order valence-corrected chi connectivity index (χ2v) is 1.95. The van der Waals surface area contributed by atoms with Crippen molar-refractivity contribution in [1.29, 1.82) is 0 Å². The Hall–Kier alpha value is -0.0866. The summed E-state index contributed by atoms with van der Waals surface area (Å²) in [6.07, 6.45) is 0. The van der Waals surface area contributed by atoms with Gasteiger partial charge in [-0.25, -0.2) is 8.78 Å². The molecule has 1 aromatic rings. The Labute approximate surface area is 89.4 Å². The van der Waals surface area contributed by atoms with Crippen molar-refractivity contribution in [3.05, 3.63) is 41.8 Å². The van der Waals surface area contributed by atoms with E-state index in [1.165, 1.54) is 16.3 Å². The van der Waals surface area contributed by atoms with Crippen LogP contribution in [0.5, 0.6) is 0 Å². The third-order valence-corrected chi connectivity index (χ3v) is 1.20. The summed E-state index contributed by atoms with van der Waals surface area (Å²) in [5, 5.41) is 0. The summed E-state index contributed by atoms with van der Waals surface area (Å²) in [5.74, 6) is -5.78. The predicted molar refractivity (Wildman–Crippen MR) is 39.7 cm³/mol. The third kappa shape index (κ3) is 2.95. The first-order valence-corrected chi connectivity index (χ1v) is 9.90. The van der Waals surface area contributed by atoms with Gasteiger partial charge in [-0.2, -0.15) is 6.92 Å². The molecule has 68 valence electrons. The molecule has 0 saturated heterocycles. The molecular formula is C7H3BrF4Zn. The van der Waals surface area contributed by atoms with Crippen LogP contribution < -0.4 is 0 Å². The summed E-state index contributed by atoms with van der Waals surface area (Å²) >= 11 is 4.25. The first kappa shape index (κ1) is 12.9. The number of benzene rings is 1. The van der Waals surface area contributed by atoms with Crippen molar-refractivity contribution in [1.82, 2.24) is 0 Å². The van der Waals surface area contributed by atoms with Crippen LogP contribution in [-0.2, 0) is 16.3 Å². The molecule has 0 aromatic heterocycles. The van der Waals surface area contributed by atoms with E-state index in [1.54, 1.807) is 0 Å². The normalized spacial score (nSPS) is 9.15. The van der Waals surface area contributed by atoms with Gasteiger partial charge in [0.05, 0.1) is 11.6 Å². The summed E-state index contributed by atoms with van der Waals surface area (Å²) in [6, 6.07) is 0.138. The average Bonchev–Trinajstić information content (AvgIpc) is 2.15. The van der Waals surface area contributed by atoms with Crippen LogP contribution in [0.1, 0.15) is 5.56 Å². The van der Waals surface area contributed by atoms with E-state index in [0.717, 1.165) is 0 Å².